The molecule has 25 heavy (non-hydrogen) atoms. The minimum absolute atomic E-state index is 0.187. The third kappa shape index (κ3) is 5.30. The molecule has 0 saturated heterocycles. The number of oxime groups is 1. The molecule has 4 nitrogen and oxygen atoms in total. The zero-order valence-electron chi connectivity index (χ0n) is 13.0. The van der Waals surface area contributed by atoms with Crippen LogP contribution in [0.2, 0.25) is 0 Å². The van der Waals surface area contributed by atoms with Crippen LogP contribution in [0.15, 0.2) is 53.7 Å². The van der Waals surface area contributed by atoms with Crippen molar-refractivity contribution >= 4 is 17.8 Å². The molecule has 0 aliphatic heterocycles. The Kier molecular flexibility index (Phi) is 5.74. The number of rotatable bonds is 5. The van der Waals surface area contributed by atoms with Crippen molar-refractivity contribution in [1.29, 1.82) is 0 Å². The summed E-state index contributed by atoms with van der Waals surface area (Å²) in [5.74, 6) is -1.10. The SMILES string of the molecule is C[C@H](O/N=C\c1ccccc1F)C(=O)Nc1ccc(C(F)(F)F)cc1. The molecule has 8 heteroatoms. The molecule has 132 valence electrons. The molecule has 0 radical (unpaired) electrons. The summed E-state index contributed by atoms with van der Waals surface area (Å²) in [4.78, 5) is 16.8. The lowest BCUT2D eigenvalue weighted by molar-refractivity contribution is -0.137. The maximum atomic E-state index is 13.4. The Hall–Kier alpha value is -2.90. The van der Waals surface area contributed by atoms with Gasteiger partial charge in [0, 0.05) is 11.3 Å². The highest BCUT2D eigenvalue weighted by molar-refractivity contribution is 5.94. The van der Waals surface area contributed by atoms with Gasteiger partial charge in [-0.15, -0.1) is 0 Å². The first kappa shape index (κ1) is 18.4. The molecule has 0 aromatic heterocycles. The first-order valence-electron chi connectivity index (χ1n) is 7.19. The van der Waals surface area contributed by atoms with Gasteiger partial charge in [-0.25, -0.2) is 4.39 Å². The topological polar surface area (TPSA) is 50.7 Å². The Morgan fingerprint density at radius 2 is 1.80 bits per heavy atom. The van der Waals surface area contributed by atoms with Gasteiger partial charge in [-0.05, 0) is 37.3 Å². The van der Waals surface area contributed by atoms with Crippen LogP contribution >= 0.6 is 0 Å². The van der Waals surface area contributed by atoms with E-state index in [9.17, 15) is 22.4 Å². The molecule has 2 aromatic rings. The van der Waals surface area contributed by atoms with Crippen LogP contribution in [0.4, 0.5) is 23.2 Å². The van der Waals surface area contributed by atoms with Crippen molar-refractivity contribution < 1.29 is 27.2 Å². The number of alkyl halides is 3. The molecular formula is C17H14F4N2O2. The van der Waals surface area contributed by atoms with E-state index in [0.29, 0.717) is 0 Å². The van der Waals surface area contributed by atoms with Gasteiger partial charge in [-0.2, -0.15) is 13.2 Å². The van der Waals surface area contributed by atoms with Crippen molar-refractivity contribution in [2.24, 2.45) is 5.16 Å². The highest BCUT2D eigenvalue weighted by atomic mass is 19.4. The van der Waals surface area contributed by atoms with Crippen LogP contribution < -0.4 is 5.32 Å². The predicted molar refractivity (Wildman–Crippen MR) is 84.6 cm³/mol. The quantitative estimate of drug-likeness (QED) is 0.496. The van der Waals surface area contributed by atoms with Crippen molar-refractivity contribution in [3.05, 3.63) is 65.5 Å². The second-order valence-electron chi connectivity index (χ2n) is 5.07. The molecule has 0 fully saturated rings. The summed E-state index contributed by atoms with van der Waals surface area (Å²) in [6.45, 7) is 1.40. The summed E-state index contributed by atoms with van der Waals surface area (Å²) in [5.41, 5.74) is -0.436. The number of carbonyl (C=O) groups excluding carboxylic acids is 1. The maximum absolute atomic E-state index is 13.4. The molecular weight excluding hydrogens is 340 g/mol. The highest BCUT2D eigenvalue weighted by Gasteiger charge is 2.30. The molecule has 0 saturated carbocycles. The lowest BCUT2D eigenvalue weighted by Gasteiger charge is -2.11. The van der Waals surface area contributed by atoms with E-state index in [1.807, 2.05) is 0 Å². The third-order valence-corrected chi connectivity index (χ3v) is 3.16. The minimum atomic E-state index is -4.44. The van der Waals surface area contributed by atoms with Crippen molar-refractivity contribution in [2.45, 2.75) is 19.2 Å². The Labute approximate surface area is 141 Å². The molecule has 1 atom stereocenters. The summed E-state index contributed by atoms with van der Waals surface area (Å²) in [6.07, 6.45) is -4.34. The van der Waals surface area contributed by atoms with Gasteiger partial charge in [-0.3, -0.25) is 4.79 Å². The molecule has 1 amide bonds. The normalized spacial score (nSPS) is 12.8. The summed E-state index contributed by atoms with van der Waals surface area (Å²) in [5, 5.41) is 5.94. The summed E-state index contributed by atoms with van der Waals surface area (Å²) in [7, 11) is 0. The highest BCUT2D eigenvalue weighted by Crippen LogP contribution is 2.29. The molecule has 1 N–H and O–H groups in total. The number of anilines is 1. The van der Waals surface area contributed by atoms with E-state index in [1.165, 1.54) is 25.1 Å². The summed E-state index contributed by atoms with van der Waals surface area (Å²) >= 11 is 0. The lowest BCUT2D eigenvalue weighted by atomic mass is 10.2. The van der Waals surface area contributed by atoms with Gasteiger partial charge < -0.3 is 10.2 Å². The second-order valence-corrected chi connectivity index (χ2v) is 5.07. The van der Waals surface area contributed by atoms with Gasteiger partial charge in [0.15, 0.2) is 0 Å². The van der Waals surface area contributed by atoms with Gasteiger partial charge in [0.25, 0.3) is 5.91 Å². The Morgan fingerprint density at radius 1 is 1.16 bits per heavy atom. The van der Waals surface area contributed by atoms with Crippen LogP contribution in [0, 0.1) is 5.82 Å². The molecule has 0 aliphatic carbocycles. The first-order valence-corrected chi connectivity index (χ1v) is 7.19. The molecule has 0 bridgehead atoms. The van der Waals surface area contributed by atoms with Gasteiger partial charge in [0.1, 0.15) is 5.82 Å². The minimum Gasteiger partial charge on any atom is -0.383 e. The molecule has 0 spiro atoms. The molecule has 2 rings (SSSR count). The zero-order chi connectivity index (χ0) is 18.4. The largest absolute Gasteiger partial charge is 0.416 e. The predicted octanol–water partition coefficient (Wildman–Crippen LogP) is 4.22. The van der Waals surface area contributed by atoms with Crippen molar-refractivity contribution in [3.8, 4) is 0 Å². The molecule has 0 aliphatic rings. The Morgan fingerprint density at radius 3 is 2.40 bits per heavy atom. The molecule has 2 aromatic carbocycles. The van der Waals surface area contributed by atoms with Crippen molar-refractivity contribution in [3.63, 3.8) is 0 Å². The van der Waals surface area contributed by atoms with E-state index in [2.05, 4.69) is 10.5 Å². The number of carbonyl (C=O) groups is 1. The average Bonchev–Trinajstić information content (AvgIpc) is 2.56. The Bertz CT molecular complexity index is 758. The van der Waals surface area contributed by atoms with Crippen molar-refractivity contribution in [2.75, 3.05) is 5.32 Å². The van der Waals surface area contributed by atoms with Gasteiger partial charge >= 0.3 is 6.18 Å². The van der Waals surface area contributed by atoms with E-state index in [1.54, 1.807) is 6.07 Å². The van der Waals surface area contributed by atoms with Crippen LogP contribution in [0.25, 0.3) is 0 Å². The average molecular weight is 354 g/mol. The first-order chi connectivity index (χ1) is 11.8. The fraction of sp³-hybridized carbons (Fsp3) is 0.176. The number of hydrogen-bond donors (Lipinski definition) is 1. The van der Waals surface area contributed by atoms with E-state index in [0.717, 1.165) is 30.5 Å². The van der Waals surface area contributed by atoms with E-state index in [4.69, 9.17) is 4.84 Å². The molecule has 0 heterocycles. The smallest absolute Gasteiger partial charge is 0.383 e. The summed E-state index contributed by atoms with van der Waals surface area (Å²) < 4.78 is 50.8. The van der Waals surface area contributed by atoms with E-state index < -0.39 is 29.6 Å². The number of nitrogens with zero attached hydrogens (tertiary/aromatic N) is 1. The number of amides is 1. The fourth-order valence-electron chi connectivity index (χ4n) is 1.79. The van der Waals surface area contributed by atoms with Crippen LogP contribution in [0.3, 0.4) is 0 Å². The number of halogens is 4. The van der Waals surface area contributed by atoms with Crippen LogP contribution in [0.1, 0.15) is 18.1 Å². The van der Waals surface area contributed by atoms with E-state index in [-0.39, 0.29) is 11.3 Å². The van der Waals surface area contributed by atoms with Crippen molar-refractivity contribution in [1.82, 2.24) is 0 Å². The standard InChI is InChI=1S/C17H14F4N2O2/c1-11(25-22-10-12-4-2-3-5-15(12)18)16(24)23-14-8-6-13(7-9-14)17(19,20)21/h2-11H,1H3,(H,23,24)/b22-10-/t11-/m0/s1. The van der Waals surface area contributed by atoms with Crippen LogP contribution in [-0.4, -0.2) is 18.2 Å². The molecule has 0 unspecified atom stereocenters. The third-order valence-electron chi connectivity index (χ3n) is 3.16. The fourth-order valence-corrected chi connectivity index (χ4v) is 1.79. The van der Waals surface area contributed by atoms with Gasteiger partial charge in [0.05, 0.1) is 11.8 Å². The van der Waals surface area contributed by atoms with Gasteiger partial charge in [-0.1, -0.05) is 23.4 Å². The Balaban J connectivity index is 1.91. The van der Waals surface area contributed by atoms with Crippen LogP contribution in [0.5, 0.6) is 0 Å². The van der Waals surface area contributed by atoms with Gasteiger partial charge in [0.2, 0.25) is 6.10 Å². The maximum Gasteiger partial charge on any atom is 0.416 e. The summed E-state index contributed by atoms with van der Waals surface area (Å²) in [6, 6.07) is 9.86. The van der Waals surface area contributed by atoms with Crippen LogP contribution in [-0.2, 0) is 15.8 Å². The number of benzene rings is 2. The second kappa shape index (κ2) is 7.78. The monoisotopic (exact) mass is 354 g/mol. The zero-order valence-corrected chi connectivity index (χ0v) is 13.0. The number of nitrogens with one attached hydrogen (secondary N) is 1. The number of hydrogen-bond acceptors (Lipinski definition) is 3. The van der Waals surface area contributed by atoms with E-state index >= 15 is 0 Å². The lowest BCUT2D eigenvalue weighted by Crippen LogP contribution is -2.26.